The summed E-state index contributed by atoms with van der Waals surface area (Å²) in [5.41, 5.74) is 0.576. The number of nitrogens with zero attached hydrogens (tertiary/aromatic N) is 2. The van der Waals surface area contributed by atoms with Gasteiger partial charge in [0.05, 0.1) is 17.5 Å². The highest BCUT2D eigenvalue weighted by atomic mass is 32.1. The molecular weight excluding hydrogens is 508 g/mol. The van der Waals surface area contributed by atoms with Crippen molar-refractivity contribution < 1.29 is 14.4 Å². The number of benzene rings is 1. The number of hydrogen-bond acceptors (Lipinski definition) is 5. The molecule has 1 aromatic carbocycles. The van der Waals surface area contributed by atoms with Crippen LogP contribution in [-0.4, -0.2) is 71.7 Å². The van der Waals surface area contributed by atoms with Crippen LogP contribution in [0.15, 0.2) is 42.0 Å². The topological polar surface area (TPSA) is 81.8 Å². The molecule has 0 bridgehead atoms. The summed E-state index contributed by atoms with van der Waals surface area (Å²) < 4.78 is 0. The number of thiol groups is 1. The number of likely N-dealkylation sites (tertiary alicyclic amines) is 1. The zero-order chi connectivity index (χ0) is 29.7. The van der Waals surface area contributed by atoms with Crippen molar-refractivity contribution in [2.45, 2.75) is 97.1 Å². The molecule has 39 heavy (non-hydrogen) atoms. The van der Waals surface area contributed by atoms with Crippen molar-refractivity contribution >= 4 is 30.4 Å². The van der Waals surface area contributed by atoms with Crippen molar-refractivity contribution in [1.82, 2.24) is 20.4 Å². The summed E-state index contributed by atoms with van der Waals surface area (Å²) in [5.74, 6) is -0.401. The second kappa shape index (κ2) is 13.4. The molecule has 2 N–H and O–H groups in total. The SMILES string of the molecule is CN[C@H](C(=O)N[C@H](C(=O)N(C)[C@H](/C=C(\C)C(=O)N1CCC[C@H]1S)C(C)C)C(C)(C)C)C(C)(C)c1ccccc1. The van der Waals surface area contributed by atoms with Crippen LogP contribution in [0.4, 0.5) is 0 Å². The summed E-state index contributed by atoms with van der Waals surface area (Å²) >= 11 is 4.55. The van der Waals surface area contributed by atoms with Crippen LogP contribution in [0.3, 0.4) is 0 Å². The molecule has 0 radical (unpaired) electrons. The van der Waals surface area contributed by atoms with Gasteiger partial charge in [-0.25, -0.2) is 0 Å². The van der Waals surface area contributed by atoms with Gasteiger partial charge in [-0.05, 0) is 43.7 Å². The van der Waals surface area contributed by atoms with Crippen LogP contribution >= 0.6 is 12.6 Å². The van der Waals surface area contributed by atoms with Crippen LogP contribution in [0.25, 0.3) is 0 Å². The highest BCUT2D eigenvalue weighted by molar-refractivity contribution is 7.80. The van der Waals surface area contributed by atoms with Crippen molar-refractivity contribution in [3.63, 3.8) is 0 Å². The summed E-state index contributed by atoms with van der Waals surface area (Å²) in [5, 5.41) is 6.20. The lowest BCUT2D eigenvalue weighted by molar-refractivity contribution is -0.141. The van der Waals surface area contributed by atoms with E-state index < -0.39 is 22.9 Å². The fourth-order valence-corrected chi connectivity index (χ4v) is 5.77. The fourth-order valence-electron chi connectivity index (χ4n) is 5.37. The van der Waals surface area contributed by atoms with Gasteiger partial charge in [-0.1, -0.05) is 84.9 Å². The minimum absolute atomic E-state index is 0.0420. The first-order chi connectivity index (χ1) is 18.0. The normalized spacial score (nSPS) is 19.0. The molecule has 0 aromatic heterocycles. The van der Waals surface area contributed by atoms with Crippen molar-refractivity contribution in [1.29, 1.82) is 0 Å². The van der Waals surface area contributed by atoms with Crippen molar-refractivity contribution in [2.24, 2.45) is 11.3 Å². The predicted molar refractivity (Wildman–Crippen MR) is 163 cm³/mol. The van der Waals surface area contributed by atoms with E-state index in [9.17, 15) is 14.4 Å². The molecule has 8 heteroatoms. The van der Waals surface area contributed by atoms with Crippen LogP contribution in [0.1, 0.15) is 73.8 Å². The van der Waals surface area contributed by atoms with Crippen LogP contribution in [0.5, 0.6) is 0 Å². The third-order valence-electron chi connectivity index (χ3n) is 7.91. The zero-order valence-corrected chi connectivity index (χ0v) is 26.4. The monoisotopic (exact) mass is 558 g/mol. The Morgan fingerprint density at radius 3 is 2.13 bits per heavy atom. The maximum Gasteiger partial charge on any atom is 0.250 e. The molecule has 1 fully saturated rings. The first kappa shape index (κ1) is 32.9. The zero-order valence-electron chi connectivity index (χ0n) is 25.5. The lowest BCUT2D eigenvalue weighted by Gasteiger charge is -2.40. The number of rotatable bonds is 10. The van der Waals surface area contributed by atoms with E-state index in [0.29, 0.717) is 12.1 Å². The minimum atomic E-state index is -0.761. The van der Waals surface area contributed by atoms with Gasteiger partial charge in [0.15, 0.2) is 0 Å². The minimum Gasteiger partial charge on any atom is -0.342 e. The smallest absolute Gasteiger partial charge is 0.250 e. The van der Waals surface area contributed by atoms with Crippen LogP contribution in [-0.2, 0) is 19.8 Å². The Labute approximate surface area is 241 Å². The maximum absolute atomic E-state index is 14.0. The van der Waals surface area contributed by atoms with Crippen molar-refractivity contribution in [2.75, 3.05) is 20.6 Å². The Morgan fingerprint density at radius 2 is 1.67 bits per heavy atom. The molecular formula is C31H50N4O3S. The Hall–Kier alpha value is -2.32. The summed E-state index contributed by atoms with van der Waals surface area (Å²) in [6, 6.07) is 8.27. The molecule has 1 aromatic rings. The standard InChI is InChI=1S/C31H50N4O3S/c1-20(2)23(19-21(3)28(37)35-18-14-17-24(35)39)34(10)29(38)26(30(4,5)6)33-27(36)25(32-9)31(7,8)22-15-12-11-13-16-22/h11-13,15-16,19-20,23-26,32,39H,14,17-18H2,1-10H3,(H,33,36)/b21-19+/t23-,24-,25-,26-/m1/s1. The molecule has 0 aliphatic carbocycles. The predicted octanol–water partition coefficient (Wildman–Crippen LogP) is 4.39. The number of hydrogen-bond donors (Lipinski definition) is 3. The van der Waals surface area contributed by atoms with E-state index >= 15 is 0 Å². The van der Waals surface area contributed by atoms with Gasteiger partial charge in [0.25, 0.3) is 0 Å². The fraction of sp³-hybridized carbons (Fsp3) is 0.645. The molecule has 3 amide bonds. The van der Waals surface area contributed by atoms with Gasteiger partial charge in [0.2, 0.25) is 17.7 Å². The number of amides is 3. The van der Waals surface area contributed by atoms with Gasteiger partial charge in [-0.3, -0.25) is 14.4 Å². The van der Waals surface area contributed by atoms with Crippen molar-refractivity contribution in [3.05, 3.63) is 47.5 Å². The van der Waals surface area contributed by atoms with Gasteiger partial charge in [0, 0.05) is 24.6 Å². The Balaban J connectivity index is 2.32. The third-order valence-corrected chi connectivity index (χ3v) is 8.44. The molecule has 4 atom stereocenters. The maximum atomic E-state index is 14.0. The quantitative estimate of drug-likeness (QED) is 0.294. The highest BCUT2D eigenvalue weighted by Gasteiger charge is 2.41. The van der Waals surface area contributed by atoms with E-state index in [1.54, 1.807) is 30.8 Å². The lowest BCUT2D eigenvalue weighted by Crippen LogP contribution is -2.61. The largest absolute Gasteiger partial charge is 0.342 e. The second-order valence-corrected chi connectivity index (χ2v) is 13.4. The Kier molecular flexibility index (Phi) is 11.3. The number of carbonyl (C=O) groups excluding carboxylic acids is 3. The van der Waals surface area contributed by atoms with Gasteiger partial charge in [0.1, 0.15) is 6.04 Å². The van der Waals surface area contributed by atoms with Gasteiger partial charge in [-0.15, -0.1) is 0 Å². The molecule has 0 spiro atoms. The molecule has 7 nitrogen and oxygen atoms in total. The van der Waals surface area contributed by atoms with Crippen molar-refractivity contribution in [3.8, 4) is 0 Å². The molecule has 1 aliphatic heterocycles. The van der Waals surface area contributed by atoms with E-state index in [1.165, 1.54) is 0 Å². The molecule has 218 valence electrons. The summed E-state index contributed by atoms with van der Waals surface area (Å²) in [6.07, 6.45) is 3.72. The average molecular weight is 559 g/mol. The average Bonchev–Trinajstić information content (AvgIpc) is 3.29. The highest BCUT2D eigenvalue weighted by Crippen LogP contribution is 2.29. The van der Waals surface area contributed by atoms with Gasteiger partial charge in [-0.2, -0.15) is 12.6 Å². The van der Waals surface area contributed by atoms with Crippen LogP contribution < -0.4 is 10.6 Å². The van der Waals surface area contributed by atoms with E-state index in [1.807, 2.05) is 84.9 Å². The first-order valence-electron chi connectivity index (χ1n) is 14.0. The van der Waals surface area contributed by atoms with E-state index in [2.05, 4.69) is 23.3 Å². The number of likely N-dealkylation sites (N-methyl/N-ethyl adjacent to an activating group) is 2. The van der Waals surface area contributed by atoms with E-state index in [4.69, 9.17) is 0 Å². The third kappa shape index (κ3) is 7.88. The first-order valence-corrected chi connectivity index (χ1v) is 14.5. The summed E-state index contributed by atoms with van der Waals surface area (Å²) in [7, 11) is 3.52. The molecule has 2 rings (SSSR count). The molecule has 1 aliphatic rings. The lowest BCUT2D eigenvalue weighted by atomic mass is 9.76. The molecule has 0 unspecified atom stereocenters. The van der Waals surface area contributed by atoms with Crippen LogP contribution in [0, 0.1) is 11.3 Å². The Morgan fingerprint density at radius 1 is 1.08 bits per heavy atom. The van der Waals surface area contributed by atoms with Gasteiger partial charge < -0.3 is 20.4 Å². The van der Waals surface area contributed by atoms with E-state index in [-0.39, 0.29) is 35.1 Å². The molecule has 1 saturated heterocycles. The van der Waals surface area contributed by atoms with Crippen LogP contribution in [0.2, 0.25) is 0 Å². The molecule has 0 saturated carbocycles. The summed E-state index contributed by atoms with van der Waals surface area (Å²) in [4.78, 5) is 44.3. The summed E-state index contributed by atoms with van der Waals surface area (Å²) in [6.45, 7) is 16.5. The second-order valence-electron chi connectivity index (χ2n) is 12.8. The number of carbonyl (C=O) groups is 3. The number of nitrogens with one attached hydrogen (secondary N) is 2. The molecule has 1 heterocycles. The van der Waals surface area contributed by atoms with E-state index in [0.717, 1.165) is 18.4 Å². The Bertz CT molecular complexity index is 1030. The van der Waals surface area contributed by atoms with Gasteiger partial charge >= 0.3 is 0 Å².